The van der Waals surface area contributed by atoms with Gasteiger partial charge in [-0.15, -0.1) is 6.58 Å². The molecule has 3 heterocycles. The van der Waals surface area contributed by atoms with E-state index in [9.17, 15) is 0 Å². The summed E-state index contributed by atoms with van der Waals surface area (Å²) < 4.78 is 46.9. The van der Waals surface area contributed by atoms with E-state index in [1.807, 2.05) is 78.9 Å². The van der Waals surface area contributed by atoms with E-state index in [0.717, 1.165) is 22.3 Å². The second-order valence-electron chi connectivity index (χ2n) is 13.4. The summed E-state index contributed by atoms with van der Waals surface area (Å²) in [7, 11) is 0. The molecule has 7 rings (SSSR count). The maximum Gasteiger partial charge on any atom is 0.115 e. The molecule has 0 spiro atoms. The Morgan fingerprint density at radius 3 is 1.63 bits per heavy atom. The van der Waals surface area contributed by atoms with Crippen molar-refractivity contribution in [1.82, 2.24) is 0 Å². The Balaban J connectivity index is 1.11. The van der Waals surface area contributed by atoms with Gasteiger partial charge in [-0.05, 0) is 28.7 Å². The zero-order chi connectivity index (χ0) is 34.7. The monoisotopic (exact) mass is 688 g/mol. The Labute approximate surface area is 301 Å². The fourth-order valence-electron chi connectivity index (χ4n) is 7.13. The number of hydrogen-bond donors (Lipinski definition) is 0. The SMILES string of the molecule is C=CC[C@@H]1O[C@@H]2C[C@@H]3O[C@H](COCc4ccccc4)[C@@H](OCc4ccccc4)C=C[C@H]3O[C@H]2[C@H](OCc2ccccc2)[C@H]1OCc1ccccc1. The fraction of sp³-hybridized carbons (Fsp3) is 0.364. The summed E-state index contributed by atoms with van der Waals surface area (Å²) in [6.07, 6.45) is 4.38. The molecule has 2 fully saturated rings. The van der Waals surface area contributed by atoms with Crippen LogP contribution in [0.2, 0.25) is 0 Å². The van der Waals surface area contributed by atoms with E-state index in [4.69, 9.17) is 33.2 Å². The van der Waals surface area contributed by atoms with Gasteiger partial charge < -0.3 is 33.2 Å². The molecule has 0 unspecified atom stereocenters. The van der Waals surface area contributed by atoms with Crippen molar-refractivity contribution >= 4 is 0 Å². The van der Waals surface area contributed by atoms with Crippen LogP contribution >= 0.6 is 0 Å². The molecule has 3 aliphatic rings. The first-order valence-corrected chi connectivity index (χ1v) is 18.1. The summed E-state index contributed by atoms with van der Waals surface area (Å²) in [5.74, 6) is 0. The molecule has 0 N–H and O–H groups in total. The van der Waals surface area contributed by atoms with Crippen LogP contribution in [0.3, 0.4) is 0 Å². The third kappa shape index (κ3) is 9.50. The lowest BCUT2D eigenvalue weighted by Gasteiger charge is -2.51. The van der Waals surface area contributed by atoms with Crippen molar-refractivity contribution in [2.24, 2.45) is 0 Å². The van der Waals surface area contributed by atoms with Crippen molar-refractivity contribution in [1.29, 1.82) is 0 Å². The van der Waals surface area contributed by atoms with Gasteiger partial charge in [0.25, 0.3) is 0 Å². The highest BCUT2D eigenvalue weighted by molar-refractivity contribution is 5.17. The van der Waals surface area contributed by atoms with E-state index in [1.165, 1.54) is 0 Å². The first kappa shape index (κ1) is 35.5. The zero-order valence-corrected chi connectivity index (χ0v) is 29.0. The third-order valence-corrected chi connectivity index (χ3v) is 9.73. The summed E-state index contributed by atoms with van der Waals surface area (Å²) in [5, 5.41) is 0. The average Bonchev–Trinajstić information content (AvgIpc) is 3.34. The number of ether oxygens (including phenoxy) is 7. The Kier molecular flexibility index (Phi) is 12.5. The zero-order valence-electron chi connectivity index (χ0n) is 29.0. The van der Waals surface area contributed by atoms with Gasteiger partial charge in [-0.25, -0.2) is 0 Å². The van der Waals surface area contributed by atoms with Crippen LogP contribution in [0.15, 0.2) is 146 Å². The maximum atomic E-state index is 6.95. The van der Waals surface area contributed by atoms with Crippen LogP contribution in [0.5, 0.6) is 0 Å². The lowest BCUT2D eigenvalue weighted by atomic mass is 9.86. The Hall–Kier alpha value is -3.92. The van der Waals surface area contributed by atoms with Crippen LogP contribution < -0.4 is 0 Å². The summed E-state index contributed by atoms with van der Waals surface area (Å²) >= 11 is 0. The lowest BCUT2D eigenvalue weighted by Crippen LogP contribution is -2.64. The molecule has 0 saturated carbocycles. The van der Waals surface area contributed by atoms with Crippen LogP contribution in [0, 0.1) is 0 Å². The minimum absolute atomic E-state index is 0.262. The first-order chi connectivity index (χ1) is 25.2. The van der Waals surface area contributed by atoms with Crippen LogP contribution in [-0.4, -0.2) is 61.5 Å². The molecular weight excluding hydrogens is 640 g/mol. The molecule has 0 aliphatic carbocycles. The largest absolute Gasteiger partial charge is 0.374 e. The normalized spacial score (nSPS) is 28.7. The van der Waals surface area contributed by atoms with Crippen molar-refractivity contribution in [3.05, 3.63) is 168 Å². The predicted molar refractivity (Wildman–Crippen MR) is 196 cm³/mol. The van der Waals surface area contributed by atoms with Crippen molar-refractivity contribution in [3.63, 3.8) is 0 Å². The standard InChI is InChI=1S/C44H48O7/c1-2-15-38-42(47-29-34-20-11-5-12-21-34)44(48-30-35-22-13-6-14-23-35)43-40(49-38)26-39-37(51-43)25-24-36(46-28-33-18-9-4-10-19-33)41(50-39)31-45-27-32-16-7-3-8-17-32/h2-14,16-25,36-44H,1,15,26-31H2/t36-,37+,38-,39-,40+,41+,42-,43+,44+/m0/s1. The lowest BCUT2D eigenvalue weighted by molar-refractivity contribution is -0.300. The molecule has 266 valence electrons. The summed E-state index contributed by atoms with van der Waals surface area (Å²) in [6.45, 7) is 6.23. The molecule has 0 amide bonds. The topological polar surface area (TPSA) is 64.6 Å². The summed E-state index contributed by atoms with van der Waals surface area (Å²) in [6, 6.07) is 40.8. The minimum atomic E-state index is -0.384. The van der Waals surface area contributed by atoms with Crippen molar-refractivity contribution in [3.8, 4) is 0 Å². The molecule has 51 heavy (non-hydrogen) atoms. The van der Waals surface area contributed by atoms with Gasteiger partial charge in [0.1, 0.15) is 36.6 Å². The van der Waals surface area contributed by atoms with E-state index in [2.05, 4.69) is 67.3 Å². The van der Waals surface area contributed by atoms with E-state index >= 15 is 0 Å². The molecule has 9 atom stereocenters. The highest BCUT2D eigenvalue weighted by Crippen LogP contribution is 2.39. The number of hydrogen-bond acceptors (Lipinski definition) is 7. The molecule has 7 nitrogen and oxygen atoms in total. The molecule has 0 radical (unpaired) electrons. The van der Waals surface area contributed by atoms with Crippen LogP contribution in [0.4, 0.5) is 0 Å². The number of fused-ring (bicyclic) bond motifs is 2. The third-order valence-electron chi connectivity index (χ3n) is 9.73. The highest BCUT2D eigenvalue weighted by atomic mass is 16.6. The molecule has 0 bridgehead atoms. The quantitative estimate of drug-likeness (QED) is 0.118. The van der Waals surface area contributed by atoms with Gasteiger partial charge in [0, 0.05) is 6.42 Å². The molecule has 7 heteroatoms. The van der Waals surface area contributed by atoms with E-state index in [-0.39, 0.29) is 54.9 Å². The second-order valence-corrected chi connectivity index (χ2v) is 13.4. The van der Waals surface area contributed by atoms with Crippen molar-refractivity contribution in [2.45, 2.75) is 94.2 Å². The van der Waals surface area contributed by atoms with Gasteiger partial charge in [0.05, 0.1) is 51.3 Å². The van der Waals surface area contributed by atoms with Gasteiger partial charge in [0.15, 0.2) is 0 Å². The van der Waals surface area contributed by atoms with E-state index in [0.29, 0.717) is 45.9 Å². The van der Waals surface area contributed by atoms with Gasteiger partial charge in [-0.1, -0.05) is 140 Å². The smallest absolute Gasteiger partial charge is 0.115 e. The van der Waals surface area contributed by atoms with E-state index in [1.54, 1.807) is 0 Å². The van der Waals surface area contributed by atoms with Crippen molar-refractivity contribution < 1.29 is 33.2 Å². The van der Waals surface area contributed by atoms with Crippen LogP contribution in [0.1, 0.15) is 35.1 Å². The highest BCUT2D eigenvalue weighted by Gasteiger charge is 2.53. The maximum absolute atomic E-state index is 6.95. The van der Waals surface area contributed by atoms with Crippen molar-refractivity contribution in [2.75, 3.05) is 6.61 Å². The van der Waals surface area contributed by atoms with Crippen LogP contribution in [0.25, 0.3) is 0 Å². The van der Waals surface area contributed by atoms with Gasteiger partial charge in [-0.2, -0.15) is 0 Å². The minimum Gasteiger partial charge on any atom is -0.374 e. The predicted octanol–water partition coefficient (Wildman–Crippen LogP) is 7.78. The van der Waals surface area contributed by atoms with Gasteiger partial charge in [-0.3, -0.25) is 0 Å². The van der Waals surface area contributed by atoms with Gasteiger partial charge in [0.2, 0.25) is 0 Å². The van der Waals surface area contributed by atoms with E-state index < -0.39 is 0 Å². The molecule has 3 aliphatic heterocycles. The Morgan fingerprint density at radius 2 is 1.06 bits per heavy atom. The van der Waals surface area contributed by atoms with Gasteiger partial charge >= 0.3 is 0 Å². The average molecular weight is 689 g/mol. The summed E-state index contributed by atoms with van der Waals surface area (Å²) in [5.41, 5.74) is 4.39. The molecular formula is C44H48O7. The number of rotatable bonds is 15. The number of benzene rings is 4. The van der Waals surface area contributed by atoms with Crippen LogP contribution in [-0.2, 0) is 59.6 Å². The molecule has 4 aromatic rings. The first-order valence-electron chi connectivity index (χ1n) is 18.1. The summed E-state index contributed by atoms with van der Waals surface area (Å²) in [4.78, 5) is 0. The Morgan fingerprint density at radius 1 is 0.549 bits per heavy atom. The molecule has 4 aromatic carbocycles. The molecule has 0 aromatic heterocycles. The fourth-order valence-corrected chi connectivity index (χ4v) is 7.13. The molecule has 2 saturated heterocycles. The Bertz CT molecular complexity index is 1630. The second kappa shape index (κ2) is 18.0.